The summed E-state index contributed by atoms with van der Waals surface area (Å²) in [6.45, 7) is 2.19. The zero-order valence-electron chi connectivity index (χ0n) is 16.9. The second-order valence-corrected chi connectivity index (χ2v) is 7.29. The number of nitrogens with zero attached hydrogens (tertiary/aromatic N) is 4. The van der Waals surface area contributed by atoms with Gasteiger partial charge in [0.05, 0.1) is 30.9 Å². The van der Waals surface area contributed by atoms with Crippen LogP contribution in [0.5, 0.6) is 5.75 Å². The molecule has 1 amide bonds. The molecule has 32 heavy (non-hydrogen) atoms. The van der Waals surface area contributed by atoms with Gasteiger partial charge in [0.1, 0.15) is 12.4 Å². The lowest BCUT2D eigenvalue weighted by molar-refractivity contribution is -0.140. The normalized spacial score (nSPS) is 14.5. The summed E-state index contributed by atoms with van der Waals surface area (Å²) in [4.78, 5) is 31.7. The van der Waals surface area contributed by atoms with E-state index in [1.807, 2.05) is 6.07 Å². The van der Waals surface area contributed by atoms with Crippen molar-refractivity contribution in [1.82, 2.24) is 20.1 Å². The van der Waals surface area contributed by atoms with Crippen molar-refractivity contribution in [2.45, 2.75) is 12.6 Å². The van der Waals surface area contributed by atoms with Gasteiger partial charge in [-0.1, -0.05) is 11.6 Å². The number of H-pyrrole nitrogens is 1. The number of rotatable bonds is 8. The number of ether oxygens (including phenoxy) is 2. The van der Waals surface area contributed by atoms with E-state index < -0.39 is 23.0 Å². The summed E-state index contributed by atoms with van der Waals surface area (Å²) in [6.07, 6.45) is -2.37. The molecule has 174 valence electrons. The third-order valence-electron chi connectivity index (χ3n) is 4.72. The van der Waals surface area contributed by atoms with E-state index in [1.54, 1.807) is 22.3 Å². The van der Waals surface area contributed by atoms with Crippen LogP contribution in [0.2, 0.25) is 5.02 Å². The number of anilines is 1. The minimum absolute atomic E-state index is 0.0482. The predicted octanol–water partition coefficient (Wildman–Crippen LogP) is 1.97. The maximum absolute atomic E-state index is 12.9. The molecule has 3 heterocycles. The van der Waals surface area contributed by atoms with Crippen LogP contribution in [-0.2, 0) is 15.7 Å². The van der Waals surface area contributed by atoms with Crippen LogP contribution in [0, 0.1) is 0 Å². The average Bonchev–Trinajstić information content (AvgIpc) is 2.76. The van der Waals surface area contributed by atoms with Crippen LogP contribution in [0.15, 0.2) is 29.3 Å². The smallest absolute Gasteiger partial charge is 0.425 e. The summed E-state index contributed by atoms with van der Waals surface area (Å²) in [5, 5.41) is 5.59. The summed E-state index contributed by atoms with van der Waals surface area (Å²) < 4.78 is 49.1. The molecule has 9 nitrogen and oxygen atoms in total. The zero-order valence-corrected chi connectivity index (χ0v) is 17.7. The Morgan fingerprint density at radius 1 is 1.12 bits per heavy atom. The van der Waals surface area contributed by atoms with Crippen LogP contribution in [0.3, 0.4) is 0 Å². The number of carbonyl (C=O) groups is 1. The highest BCUT2D eigenvalue weighted by molar-refractivity contribution is 6.30. The molecule has 1 saturated heterocycles. The van der Waals surface area contributed by atoms with Crippen molar-refractivity contribution in [2.24, 2.45) is 0 Å². The van der Waals surface area contributed by atoms with Crippen LogP contribution in [0.1, 0.15) is 12.0 Å². The molecule has 13 heteroatoms. The maximum atomic E-state index is 12.9. The second kappa shape index (κ2) is 10.6. The Morgan fingerprint density at radius 3 is 2.53 bits per heavy atom. The number of hydrogen-bond acceptors (Lipinski definition) is 7. The fourth-order valence-corrected chi connectivity index (χ4v) is 3.24. The van der Waals surface area contributed by atoms with Gasteiger partial charge in [0.2, 0.25) is 5.91 Å². The van der Waals surface area contributed by atoms with Crippen LogP contribution >= 0.6 is 11.6 Å². The van der Waals surface area contributed by atoms with Crippen molar-refractivity contribution in [3.8, 4) is 5.75 Å². The quantitative estimate of drug-likeness (QED) is 0.582. The highest BCUT2D eigenvalue weighted by atomic mass is 35.5. The first-order valence-corrected chi connectivity index (χ1v) is 10.1. The van der Waals surface area contributed by atoms with Crippen LogP contribution in [0.4, 0.5) is 19.0 Å². The lowest BCUT2D eigenvalue weighted by Crippen LogP contribution is -2.49. The monoisotopic (exact) mass is 475 g/mol. The Hall–Kier alpha value is -2.86. The predicted molar refractivity (Wildman–Crippen MR) is 109 cm³/mol. The second-order valence-electron chi connectivity index (χ2n) is 6.85. The molecule has 0 aliphatic carbocycles. The van der Waals surface area contributed by atoms with Gasteiger partial charge in [-0.2, -0.15) is 18.3 Å². The summed E-state index contributed by atoms with van der Waals surface area (Å²) >= 11 is 5.84. The molecule has 0 atom stereocenters. The summed E-state index contributed by atoms with van der Waals surface area (Å²) in [5.41, 5.74) is -2.83. The van der Waals surface area contributed by atoms with Gasteiger partial charge in [-0.25, -0.2) is 10.1 Å². The summed E-state index contributed by atoms with van der Waals surface area (Å²) in [6, 6.07) is 3.59. The molecule has 0 saturated carbocycles. The topological polar surface area (TPSA) is 101 Å². The van der Waals surface area contributed by atoms with E-state index >= 15 is 0 Å². The molecule has 0 bridgehead atoms. The minimum atomic E-state index is -4.87. The van der Waals surface area contributed by atoms with Crippen LogP contribution in [0.25, 0.3) is 0 Å². The highest BCUT2D eigenvalue weighted by Gasteiger charge is 2.38. The van der Waals surface area contributed by atoms with Gasteiger partial charge in [-0.3, -0.25) is 9.59 Å². The lowest BCUT2D eigenvalue weighted by atomic mass is 10.2. The third-order valence-corrected chi connectivity index (χ3v) is 4.94. The first-order valence-electron chi connectivity index (χ1n) is 9.75. The Bertz CT molecular complexity index is 963. The molecule has 0 radical (unpaired) electrons. The molecule has 1 N–H and O–H groups in total. The van der Waals surface area contributed by atoms with Gasteiger partial charge >= 0.3 is 6.18 Å². The van der Waals surface area contributed by atoms with Gasteiger partial charge in [-0.15, -0.1) is 0 Å². The zero-order chi connectivity index (χ0) is 23.1. The Balaban J connectivity index is 1.35. The van der Waals surface area contributed by atoms with Crippen molar-refractivity contribution < 1.29 is 27.4 Å². The van der Waals surface area contributed by atoms with Gasteiger partial charge < -0.3 is 19.3 Å². The van der Waals surface area contributed by atoms with Gasteiger partial charge in [0.25, 0.3) is 5.56 Å². The maximum Gasteiger partial charge on any atom is 0.425 e. The molecule has 1 aliphatic rings. The van der Waals surface area contributed by atoms with E-state index in [0.29, 0.717) is 31.2 Å². The Kier molecular flexibility index (Phi) is 7.91. The standard InChI is InChI=1S/C19H21ClF3N5O4/c20-13-1-2-15(24-11-13)27-4-6-28(7-5-27)16(29)3-8-31-9-10-32-14-12-25-26-18(30)17(14)19(21,22)23/h1-2,11-12H,3-10H2,(H,26,30). The molecular formula is C19H21ClF3N5O4. The van der Waals surface area contributed by atoms with Gasteiger partial charge in [0.15, 0.2) is 11.3 Å². The summed E-state index contributed by atoms with van der Waals surface area (Å²) in [5.74, 6) is 0.0517. The number of piperazine rings is 1. The molecule has 2 aromatic rings. The number of alkyl halides is 3. The number of aromatic nitrogens is 3. The molecule has 1 fully saturated rings. The third kappa shape index (κ3) is 6.33. The number of nitrogens with one attached hydrogen (secondary N) is 1. The van der Waals surface area contributed by atoms with Crippen LogP contribution < -0.4 is 15.2 Å². The molecule has 0 unspecified atom stereocenters. The Morgan fingerprint density at radius 2 is 1.88 bits per heavy atom. The van der Waals surface area contributed by atoms with E-state index in [-0.39, 0.29) is 32.1 Å². The first kappa shape index (κ1) is 23.8. The van der Waals surface area contributed by atoms with Crippen molar-refractivity contribution in [3.63, 3.8) is 0 Å². The lowest BCUT2D eigenvalue weighted by Gasteiger charge is -2.35. The van der Waals surface area contributed by atoms with Crippen LogP contribution in [-0.4, -0.2) is 72.0 Å². The average molecular weight is 476 g/mol. The van der Waals surface area contributed by atoms with E-state index in [0.717, 1.165) is 12.0 Å². The van der Waals surface area contributed by atoms with Gasteiger partial charge in [-0.05, 0) is 12.1 Å². The summed E-state index contributed by atoms with van der Waals surface area (Å²) in [7, 11) is 0. The highest BCUT2D eigenvalue weighted by Crippen LogP contribution is 2.32. The van der Waals surface area contributed by atoms with E-state index in [4.69, 9.17) is 21.1 Å². The molecule has 0 spiro atoms. The fraction of sp³-hybridized carbons (Fsp3) is 0.474. The fourth-order valence-electron chi connectivity index (χ4n) is 3.13. The molecule has 1 aliphatic heterocycles. The molecule has 3 rings (SSSR count). The van der Waals surface area contributed by atoms with Crippen molar-refractivity contribution in [1.29, 1.82) is 0 Å². The molecular weight excluding hydrogens is 455 g/mol. The van der Waals surface area contributed by atoms with Crippen molar-refractivity contribution >= 4 is 23.3 Å². The first-order chi connectivity index (χ1) is 15.3. The Labute approximate surface area is 186 Å². The van der Waals surface area contributed by atoms with E-state index in [1.165, 1.54) is 0 Å². The number of carbonyl (C=O) groups excluding carboxylic acids is 1. The number of amides is 1. The van der Waals surface area contributed by atoms with E-state index in [2.05, 4.69) is 15.0 Å². The number of hydrogen-bond donors (Lipinski definition) is 1. The van der Waals surface area contributed by atoms with Crippen molar-refractivity contribution in [3.05, 3.63) is 45.5 Å². The minimum Gasteiger partial charge on any atom is -0.489 e. The number of halogens is 4. The van der Waals surface area contributed by atoms with Crippen molar-refractivity contribution in [2.75, 3.05) is 50.9 Å². The molecule has 2 aromatic heterocycles. The molecule has 0 aromatic carbocycles. The number of aromatic amines is 1. The van der Waals surface area contributed by atoms with E-state index in [9.17, 15) is 22.8 Å². The van der Waals surface area contributed by atoms with Gasteiger partial charge in [0, 0.05) is 32.4 Å². The SMILES string of the molecule is O=C(CCOCCOc1cn[nH]c(=O)c1C(F)(F)F)N1CCN(c2ccc(Cl)cn2)CC1. The largest absolute Gasteiger partial charge is 0.489 e. The number of pyridine rings is 1.